The maximum absolute atomic E-state index is 11.0. The molecule has 0 aliphatic carbocycles. The Bertz CT molecular complexity index is 343. The van der Waals surface area contributed by atoms with E-state index in [4.69, 9.17) is 14.6 Å². The highest BCUT2D eigenvalue weighted by Gasteiger charge is 2.38. The van der Waals surface area contributed by atoms with E-state index >= 15 is 0 Å². The van der Waals surface area contributed by atoms with Gasteiger partial charge in [0.2, 0.25) is 0 Å². The van der Waals surface area contributed by atoms with Crippen molar-refractivity contribution in [1.82, 2.24) is 5.32 Å². The molecular formula is C13H22F3NO4. The molecule has 2 N–H and O–H groups in total. The smallest absolute Gasteiger partial charge is 0.475 e. The molecule has 0 unspecified atom stereocenters. The van der Waals surface area contributed by atoms with Gasteiger partial charge in [0, 0.05) is 12.1 Å². The number of rotatable bonds is 6. The van der Waals surface area contributed by atoms with Crippen LogP contribution in [0.15, 0.2) is 12.2 Å². The number of carbonyl (C=O) groups is 2. The number of likely N-dealkylation sites (N-methyl/N-ethyl adjacent to an activating group) is 1. The van der Waals surface area contributed by atoms with E-state index in [1.807, 2.05) is 13.1 Å². The number of nitrogens with one attached hydrogen (secondary N) is 1. The van der Waals surface area contributed by atoms with Gasteiger partial charge in [-0.25, -0.2) is 9.59 Å². The Kier molecular flexibility index (Phi) is 11.5. The number of carboxylic acids is 1. The standard InChI is InChI=1S/C11H21NO2.C2HF3O2/c1-5-9(3)10(12-4)7-8-11(13)14-6-2;3-2(4,5)1(6)7/h7-10,12H,5-6H2,1-4H3;(H,6,7)/b8-7+;/t9-,10+;/m0./s1. The molecule has 8 heteroatoms. The highest BCUT2D eigenvalue weighted by Crippen LogP contribution is 2.13. The van der Waals surface area contributed by atoms with Crippen molar-refractivity contribution in [3.8, 4) is 0 Å². The van der Waals surface area contributed by atoms with E-state index in [2.05, 4.69) is 19.2 Å². The molecule has 0 bridgehead atoms. The number of esters is 1. The third-order valence-electron chi connectivity index (χ3n) is 2.56. The first-order chi connectivity index (χ1) is 9.59. The Morgan fingerprint density at radius 1 is 1.33 bits per heavy atom. The minimum absolute atomic E-state index is 0.240. The number of halogens is 3. The molecule has 0 aromatic heterocycles. The van der Waals surface area contributed by atoms with Gasteiger partial charge in [-0.1, -0.05) is 26.3 Å². The van der Waals surface area contributed by atoms with Crippen LogP contribution < -0.4 is 5.32 Å². The zero-order chi connectivity index (χ0) is 17.1. The van der Waals surface area contributed by atoms with Crippen LogP contribution in [-0.4, -0.2) is 42.9 Å². The molecule has 124 valence electrons. The average Bonchev–Trinajstić information content (AvgIpc) is 2.38. The molecule has 0 saturated carbocycles. The second kappa shape index (κ2) is 11.1. The average molecular weight is 313 g/mol. The highest BCUT2D eigenvalue weighted by molar-refractivity contribution is 5.81. The molecule has 0 spiro atoms. The van der Waals surface area contributed by atoms with E-state index < -0.39 is 12.1 Å². The van der Waals surface area contributed by atoms with Crippen molar-refractivity contribution in [1.29, 1.82) is 0 Å². The largest absolute Gasteiger partial charge is 0.490 e. The Balaban J connectivity index is 0. The Hall–Kier alpha value is -1.57. The number of carboxylic acid groups (broad SMARTS) is 1. The zero-order valence-electron chi connectivity index (χ0n) is 12.5. The first-order valence-electron chi connectivity index (χ1n) is 6.42. The van der Waals surface area contributed by atoms with Gasteiger partial charge in [-0.15, -0.1) is 0 Å². The third kappa shape index (κ3) is 11.9. The number of hydrogen-bond acceptors (Lipinski definition) is 4. The summed E-state index contributed by atoms with van der Waals surface area (Å²) in [6, 6.07) is 0.240. The fraction of sp³-hybridized carbons (Fsp3) is 0.692. The van der Waals surface area contributed by atoms with Crippen LogP contribution in [0.5, 0.6) is 0 Å². The van der Waals surface area contributed by atoms with Gasteiger partial charge in [-0.3, -0.25) is 0 Å². The molecule has 0 aliphatic heterocycles. The Morgan fingerprint density at radius 3 is 2.10 bits per heavy atom. The van der Waals surface area contributed by atoms with E-state index in [1.54, 1.807) is 6.92 Å². The molecule has 21 heavy (non-hydrogen) atoms. The summed E-state index contributed by atoms with van der Waals surface area (Å²) in [5.41, 5.74) is 0. The molecule has 5 nitrogen and oxygen atoms in total. The van der Waals surface area contributed by atoms with Crippen molar-refractivity contribution in [2.75, 3.05) is 13.7 Å². The van der Waals surface area contributed by atoms with Crippen LogP contribution in [0.25, 0.3) is 0 Å². The summed E-state index contributed by atoms with van der Waals surface area (Å²) in [5.74, 6) is -2.51. The molecule has 2 atom stereocenters. The van der Waals surface area contributed by atoms with Crippen molar-refractivity contribution in [3.05, 3.63) is 12.2 Å². The number of hydrogen-bond donors (Lipinski definition) is 2. The lowest BCUT2D eigenvalue weighted by atomic mass is 9.99. The van der Waals surface area contributed by atoms with Gasteiger partial charge in [0.25, 0.3) is 0 Å². The van der Waals surface area contributed by atoms with Gasteiger partial charge in [0.1, 0.15) is 0 Å². The van der Waals surface area contributed by atoms with Crippen molar-refractivity contribution < 1.29 is 32.6 Å². The molecule has 0 amide bonds. The van der Waals surface area contributed by atoms with Crippen molar-refractivity contribution in [2.45, 2.75) is 39.4 Å². The van der Waals surface area contributed by atoms with Gasteiger partial charge in [0.15, 0.2) is 0 Å². The van der Waals surface area contributed by atoms with Crippen LogP contribution in [0.1, 0.15) is 27.2 Å². The fourth-order valence-corrected chi connectivity index (χ4v) is 1.20. The predicted molar refractivity (Wildman–Crippen MR) is 71.8 cm³/mol. The molecule has 0 heterocycles. The summed E-state index contributed by atoms with van der Waals surface area (Å²) >= 11 is 0. The van der Waals surface area contributed by atoms with Crippen molar-refractivity contribution in [2.24, 2.45) is 5.92 Å². The number of ether oxygens (including phenoxy) is 1. The molecular weight excluding hydrogens is 291 g/mol. The minimum atomic E-state index is -5.08. The summed E-state index contributed by atoms with van der Waals surface area (Å²) in [5, 5.41) is 10.3. The van der Waals surface area contributed by atoms with E-state index in [0.717, 1.165) is 6.42 Å². The third-order valence-corrected chi connectivity index (χ3v) is 2.56. The topological polar surface area (TPSA) is 75.6 Å². The molecule has 0 aromatic carbocycles. The molecule has 0 rings (SSSR count). The van der Waals surface area contributed by atoms with Gasteiger partial charge < -0.3 is 15.2 Å². The van der Waals surface area contributed by atoms with E-state index in [0.29, 0.717) is 12.5 Å². The number of alkyl halides is 3. The van der Waals surface area contributed by atoms with E-state index in [-0.39, 0.29) is 12.0 Å². The highest BCUT2D eigenvalue weighted by atomic mass is 19.4. The quantitative estimate of drug-likeness (QED) is 0.581. The van der Waals surface area contributed by atoms with Gasteiger partial charge in [-0.05, 0) is 19.9 Å². The molecule has 0 saturated heterocycles. The second-order valence-corrected chi connectivity index (χ2v) is 4.11. The van der Waals surface area contributed by atoms with Crippen molar-refractivity contribution >= 4 is 11.9 Å². The van der Waals surface area contributed by atoms with Crippen LogP contribution in [0, 0.1) is 5.92 Å². The lowest BCUT2D eigenvalue weighted by molar-refractivity contribution is -0.192. The summed E-state index contributed by atoms with van der Waals surface area (Å²) in [4.78, 5) is 19.9. The molecule has 0 aliphatic rings. The van der Waals surface area contributed by atoms with Gasteiger partial charge in [-0.2, -0.15) is 13.2 Å². The summed E-state index contributed by atoms with van der Waals surface area (Å²) < 4.78 is 36.5. The Morgan fingerprint density at radius 2 is 1.81 bits per heavy atom. The van der Waals surface area contributed by atoms with E-state index in [1.165, 1.54) is 6.08 Å². The van der Waals surface area contributed by atoms with Gasteiger partial charge in [0.05, 0.1) is 6.61 Å². The lowest BCUT2D eigenvalue weighted by Crippen LogP contribution is -2.29. The maximum atomic E-state index is 11.0. The monoisotopic (exact) mass is 313 g/mol. The van der Waals surface area contributed by atoms with Crippen LogP contribution in [0.4, 0.5) is 13.2 Å². The molecule has 0 radical (unpaired) electrons. The summed E-state index contributed by atoms with van der Waals surface area (Å²) in [6.07, 6.45) is -0.637. The Labute approximate surface area is 122 Å². The van der Waals surface area contributed by atoms with E-state index in [9.17, 15) is 18.0 Å². The van der Waals surface area contributed by atoms with Crippen LogP contribution in [-0.2, 0) is 14.3 Å². The first-order valence-corrected chi connectivity index (χ1v) is 6.42. The normalized spacial score (nSPS) is 14.0. The predicted octanol–water partition coefficient (Wildman–Crippen LogP) is 2.37. The summed E-state index contributed by atoms with van der Waals surface area (Å²) in [6.45, 7) is 6.51. The van der Waals surface area contributed by atoms with Crippen LogP contribution >= 0.6 is 0 Å². The minimum Gasteiger partial charge on any atom is -0.475 e. The fourth-order valence-electron chi connectivity index (χ4n) is 1.20. The van der Waals surface area contributed by atoms with Crippen LogP contribution in [0.2, 0.25) is 0 Å². The lowest BCUT2D eigenvalue weighted by Gasteiger charge is -2.18. The number of aliphatic carboxylic acids is 1. The zero-order valence-corrected chi connectivity index (χ0v) is 12.5. The van der Waals surface area contributed by atoms with Crippen molar-refractivity contribution in [3.63, 3.8) is 0 Å². The van der Waals surface area contributed by atoms with Crippen LogP contribution in [0.3, 0.4) is 0 Å². The first kappa shape index (κ1) is 21.7. The second-order valence-electron chi connectivity index (χ2n) is 4.11. The molecule has 0 fully saturated rings. The molecule has 0 aromatic rings. The number of carbonyl (C=O) groups excluding carboxylic acids is 1. The SMILES string of the molecule is CCOC(=O)/C=C/[C@@H](NC)[C@@H](C)CC.O=C(O)C(F)(F)F. The maximum Gasteiger partial charge on any atom is 0.490 e. The van der Waals surface area contributed by atoms with Gasteiger partial charge >= 0.3 is 18.1 Å². The summed E-state index contributed by atoms with van der Waals surface area (Å²) in [7, 11) is 1.90.